The summed E-state index contributed by atoms with van der Waals surface area (Å²) in [5.74, 6) is 0.382. The highest BCUT2D eigenvalue weighted by molar-refractivity contribution is 6.09. The predicted octanol–water partition coefficient (Wildman–Crippen LogP) is 8.19. The summed E-state index contributed by atoms with van der Waals surface area (Å²) in [5.41, 5.74) is 3.73. The maximum atomic E-state index is 3.64. The fourth-order valence-electron chi connectivity index (χ4n) is 4.82. The summed E-state index contributed by atoms with van der Waals surface area (Å²) in [6.07, 6.45) is 7.91. The normalized spacial score (nSPS) is 16.0. The van der Waals surface area contributed by atoms with Gasteiger partial charge in [0, 0.05) is 22.7 Å². The molecule has 1 aliphatic rings. The monoisotopic (exact) mass is 397 g/mol. The average Bonchev–Trinajstić information content (AvgIpc) is 2.84. The van der Waals surface area contributed by atoms with Crippen LogP contribution >= 0.6 is 0 Å². The minimum Gasteiger partial charge on any atom is -0.355 e. The molecule has 1 heteroatoms. The number of fused-ring (bicyclic) bond motifs is 4. The van der Waals surface area contributed by atoms with Gasteiger partial charge in [-0.05, 0) is 57.1 Å². The first kappa shape index (κ1) is 18.0. The van der Waals surface area contributed by atoms with E-state index in [-0.39, 0.29) is 0 Å². The average molecular weight is 398 g/mol. The third kappa shape index (κ3) is 3.19. The summed E-state index contributed by atoms with van der Waals surface area (Å²) >= 11 is 0. The second kappa shape index (κ2) is 7.45. The highest BCUT2D eigenvalue weighted by Gasteiger charge is 2.16. The molecule has 1 unspecified atom stereocenters. The van der Waals surface area contributed by atoms with Crippen molar-refractivity contribution in [3.05, 3.63) is 127 Å². The van der Waals surface area contributed by atoms with Crippen molar-refractivity contribution in [3.63, 3.8) is 0 Å². The van der Waals surface area contributed by atoms with E-state index in [1.54, 1.807) is 0 Å². The van der Waals surface area contributed by atoms with E-state index in [0.717, 1.165) is 17.8 Å². The molecule has 0 saturated heterocycles. The van der Waals surface area contributed by atoms with Crippen LogP contribution < -0.4 is 5.32 Å². The molecule has 148 valence electrons. The molecule has 31 heavy (non-hydrogen) atoms. The molecule has 0 aromatic heterocycles. The van der Waals surface area contributed by atoms with Gasteiger partial charge in [-0.25, -0.2) is 0 Å². The van der Waals surface area contributed by atoms with Crippen LogP contribution in [0.3, 0.4) is 0 Å². The van der Waals surface area contributed by atoms with Crippen molar-refractivity contribution in [2.75, 3.05) is 5.32 Å². The van der Waals surface area contributed by atoms with Crippen LogP contribution in [0.25, 0.3) is 32.3 Å². The zero-order chi connectivity index (χ0) is 20.6. The van der Waals surface area contributed by atoms with Gasteiger partial charge in [-0.15, -0.1) is 0 Å². The fourth-order valence-corrected chi connectivity index (χ4v) is 4.82. The van der Waals surface area contributed by atoms with E-state index in [4.69, 9.17) is 0 Å². The molecule has 5 aromatic carbocycles. The van der Waals surface area contributed by atoms with Gasteiger partial charge in [-0.1, -0.05) is 97.1 Å². The van der Waals surface area contributed by atoms with Crippen LogP contribution in [0.4, 0.5) is 5.69 Å². The number of hydrogen-bond acceptors (Lipinski definition) is 1. The van der Waals surface area contributed by atoms with E-state index in [0.29, 0.717) is 5.92 Å². The summed E-state index contributed by atoms with van der Waals surface area (Å²) in [7, 11) is 0. The molecule has 5 aromatic rings. The molecule has 1 N–H and O–H groups in total. The Balaban J connectivity index is 1.34. The van der Waals surface area contributed by atoms with Crippen LogP contribution in [0.2, 0.25) is 0 Å². The molecule has 0 spiro atoms. The highest BCUT2D eigenvalue weighted by atomic mass is 14.9. The quantitative estimate of drug-likeness (QED) is 0.303. The van der Waals surface area contributed by atoms with E-state index < -0.39 is 0 Å². The molecule has 0 radical (unpaired) electrons. The van der Waals surface area contributed by atoms with Gasteiger partial charge in [-0.3, -0.25) is 0 Å². The first-order chi connectivity index (χ1) is 15.4. The Hall–Kier alpha value is -3.84. The SMILES string of the molecule is C1=CC(c2cc3ccccc3c3ccccc23)CC=C1Nc1cccc2ccccc12. The third-order valence-corrected chi connectivity index (χ3v) is 6.37. The van der Waals surface area contributed by atoms with E-state index >= 15 is 0 Å². The summed E-state index contributed by atoms with van der Waals surface area (Å²) in [5, 5.41) is 11.5. The third-order valence-electron chi connectivity index (χ3n) is 6.37. The zero-order valence-corrected chi connectivity index (χ0v) is 17.3. The number of rotatable bonds is 3. The molecule has 1 atom stereocenters. The molecule has 0 saturated carbocycles. The Kier molecular flexibility index (Phi) is 4.32. The first-order valence-corrected chi connectivity index (χ1v) is 10.9. The van der Waals surface area contributed by atoms with Crippen LogP contribution in [0.1, 0.15) is 17.9 Å². The lowest BCUT2D eigenvalue weighted by Gasteiger charge is -2.21. The number of anilines is 1. The molecule has 0 bridgehead atoms. The molecule has 6 rings (SSSR count). The number of allylic oxidation sites excluding steroid dienone is 3. The van der Waals surface area contributed by atoms with E-state index in [2.05, 4.69) is 121 Å². The Bertz CT molecular complexity index is 1480. The molecule has 1 nitrogen and oxygen atoms in total. The van der Waals surface area contributed by atoms with Gasteiger partial charge in [0.25, 0.3) is 0 Å². The fraction of sp³-hybridized carbons (Fsp3) is 0.0667. The van der Waals surface area contributed by atoms with E-state index in [9.17, 15) is 0 Å². The molecule has 0 fully saturated rings. The van der Waals surface area contributed by atoms with Gasteiger partial charge in [0.1, 0.15) is 0 Å². The molecular weight excluding hydrogens is 374 g/mol. The van der Waals surface area contributed by atoms with Gasteiger partial charge in [0.05, 0.1) is 0 Å². The minimum atomic E-state index is 0.382. The largest absolute Gasteiger partial charge is 0.355 e. The standard InChI is InChI=1S/C30H23N/c1-4-12-26-21(8-1)10-7-15-30(26)31-24-18-16-22(17-19-24)29-20-23-9-2-3-11-25(23)27-13-5-6-14-28(27)29/h1-16,18-20,22,31H,17H2. The molecule has 1 aliphatic carbocycles. The Morgan fingerprint density at radius 3 is 2.10 bits per heavy atom. The topological polar surface area (TPSA) is 12.0 Å². The second-order valence-electron chi connectivity index (χ2n) is 8.25. The first-order valence-electron chi connectivity index (χ1n) is 10.9. The van der Waals surface area contributed by atoms with Crippen LogP contribution in [0.5, 0.6) is 0 Å². The summed E-state index contributed by atoms with van der Waals surface area (Å²) in [4.78, 5) is 0. The highest BCUT2D eigenvalue weighted by Crippen LogP contribution is 2.37. The number of benzene rings is 5. The Labute approximate surface area is 182 Å². The molecule has 0 amide bonds. The summed E-state index contributed by atoms with van der Waals surface area (Å²) < 4.78 is 0. The lowest BCUT2D eigenvalue weighted by Crippen LogP contribution is -2.05. The second-order valence-corrected chi connectivity index (χ2v) is 8.25. The molecular formula is C30H23N. The van der Waals surface area contributed by atoms with Crippen molar-refractivity contribution in [1.29, 1.82) is 0 Å². The molecule has 0 aliphatic heterocycles. The summed E-state index contributed by atoms with van der Waals surface area (Å²) in [6, 6.07) is 34.8. The van der Waals surface area contributed by atoms with E-state index in [1.165, 1.54) is 37.9 Å². The van der Waals surface area contributed by atoms with Crippen molar-refractivity contribution >= 4 is 38.0 Å². The van der Waals surface area contributed by atoms with Gasteiger partial charge < -0.3 is 5.32 Å². The van der Waals surface area contributed by atoms with Crippen molar-refractivity contribution in [1.82, 2.24) is 0 Å². The van der Waals surface area contributed by atoms with Crippen LogP contribution in [0.15, 0.2) is 121 Å². The van der Waals surface area contributed by atoms with Crippen molar-refractivity contribution in [3.8, 4) is 0 Å². The number of nitrogens with one attached hydrogen (secondary N) is 1. The maximum Gasteiger partial charge on any atom is 0.0463 e. The van der Waals surface area contributed by atoms with Gasteiger partial charge in [-0.2, -0.15) is 0 Å². The minimum absolute atomic E-state index is 0.382. The van der Waals surface area contributed by atoms with Crippen molar-refractivity contribution < 1.29 is 0 Å². The lowest BCUT2D eigenvalue weighted by molar-refractivity contribution is 0.855. The predicted molar refractivity (Wildman–Crippen MR) is 134 cm³/mol. The smallest absolute Gasteiger partial charge is 0.0463 e. The Morgan fingerprint density at radius 2 is 1.29 bits per heavy atom. The molecule has 0 heterocycles. The summed E-state index contributed by atoms with van der Waals surface area (Å²) in [6.45, 7) is 0. The zero-order valence-electron chi connectivity index (χ0n) is 17.3. The van der Waals surface area contributed by atoms with Crippen LogP contribution in [0, 0.1) is 0 Å². The maximum absolute atomic E-state index is 3.64. The Morgan fingerprint density at radius 1 is 0.613 bits per heavy atom. The van der Waals surface area contributed by atoms with Crippen molar-refractivity contribution in [2.24, 2.45) is 0 Å². The number of hydrogen-bond donors (Lipinski definition) is 1. The van der Waals surface area contributed by atoms with Crippen LogP contribution in [-0.2, 0) is 0 Å². The van der Waals surface area contributed by atoms with Gasteiger partial charge in [0.2, 0.25) is 0 Å². The van der Waals surface area contributed by atoms with Crippen molar-refractivity contribution in [2.45, 2.75) is 12.3 Å². The van der Waals surface area contributed by atoms with Gasteiger partial charge in [0.15, 0.2) is 0 Å². The lowest BCUT2D eigenvalue weighted by atomic mass is 9.86. The van der Waals surface area contributed by atoms with E-state index in [1.807, 2.05) is 0 Å². The van der Waals surface area contributed by atoms with Gasteiger partial charge >= 0.3 is 0 Å². The van der Waals surface area contributed by atoms with Crippen LogP contribution in [-0.4, -0.2) is 0 Å².